The van der Waals surface area contributed by atoms with Crippen LogP contribution in [0, 0.1) is 12.7 Å². The lowest BCUT2D eigenvalue weighted by molar-refractivity contribution is -0.127. The normalized spacial score (nSPS) is 17.1. The highest BCUT2D eigenvalue weighted by molar-refractivity contribution is 8.00. The predicted molar refractivity (Wildman–Crippen MR) is 112 cm³/mol. The third-order valence-corrected chi connectivity index (χ3v) is 6.23. The van der Waals surface area contributed by atoms with Crippen molar-refractivity contribution in [3.8, 4) is 5.69 Å². The summed E-state index contributed by atoms with van der Waals surface area (Å²) in [6, 6.07) is 15.0. The fourth-order valence-electron chi connectivity index (χ4n) is 3.49. The van der Waals surface area contributed by atoms with Gasteiger partial charge in [0.1, 0.15) is 11.6 Å². The van der Waals surface area contributed by atoms with E-state index in [-0.39, 0.29) is 5.91 Å². The Balaban J connectivity index is 1.59. The molecule has 0 N–H and O–H groups in total. The van der Waals surface area contributed by atoms with Crippen molar-refractivity contribution in [2.45, 2.75) is 36.6 Å². The van der Waals surface area contributed by atoms with E-state index in [1.54, 1.807) is 0 Å². The van der Waals surface area contributed by atoms with Gasteiger partial charge in [-0.3, -0.25) is 19.1 Å². The van der Waals surface area contributed by atoms with Crippen LogP contribution in [0.2, 0.25) is 0 Å². The van der Waals surface area contributed by atoms with Crippen molar-refractivity contribution in [2.24, 2.45) is 0 Å². The standard InChI is InChI=1S/C22H21FN4O2S/c1-15-24-25-22(27(15)18-7-3-2-4-8-18)30-19-9-5-6-14-26(21(19)29)20(28)16-10-12-17(23)13-11-16/h2-4,7-8,10-13,19H,5-6,9,14H2,1H3/t19-/m1/s1. The number of halogens is 1. The van der Waals surface area contributed by atoms with E-state index in [9.17, 15) is 14.0 Å². The summed E-state index contributed by atoms with van der Waals surface area (Å²) >= 11 is 1.33. The first kappa shape index (κ1) is 20.3. The number of hydrogen-bond acceptors (Lipinski definition) is 5. The minimum atomic E-state index is -0.442. The minimum Gasteiger partial charge on any atom is -0.278 e. The molecule has 2 amide bonds. The number of amides is 2. The number of imide groups is 1. The molecule has 6 nitrogen and oxygen atoms in total. The summed E-state index contributed by atoms with van der Waals surface area (Å²) in [6.07, 6.45) is 2.21. The quantitative estimate of drug-likeness (QED) is 0.592. The Kier molecular flexibility index (Phi) is 5.94. The van der Waals surface area contributed by atoms with Crippen LogP contribution in [0.25, 0.3) is 5.69 Å². The zero-order chi connectivity index (χ0) is 21.1. The average molecular weight is 425 g/mol. The van der Waals surface area contributed by atoms with Crippen LogP contribution in [0.1, 0.15) is 35.4 Å². The summed E-state index contributed by atoms with van der Waals surface area (Å²) in [5.41, 5.74) is 1.22. The van der Waals surface area contributed by atoms with Crippen molar-refractivity contribution in [1.29, 1.82) is 0 Å². The third kappa shape index (κ3) is 4.14. The largest absolute Gasteiger partial charge is 0.278 e. The van der Waals surface area contributed by atoms with Crippen LogP contribution >= 0.6 is 11.8 Å². The Bertz CT molecular complexity index is 1050. The van der Waals surface area contributed by atoms with E-state index in [2.05, 4.69) is 10.2 Å². The van der Waals surface area contributed by atoms with Crippen LogP contribution in [0.4, 0.5) is 4.39 Å². The molecular weight excluding hydrogens is 403 g/mol. The Morgan fingerprint density at radius 1 is 1.07 bits per heavy atom. The summed E-state index contributed by atoms with van der Waals surface area (Å²) in [4.78, 5) is 27.4. The van der Waals surface area contributed by atoms with Gasteiger partial charge in [0.2, 0.25) is 5.91 Å². The molecule has 1 aromatic heterocycles. The van der Waals surface area contributed by atoms with Gasteiger partial charge < -0.3 is 0 Å². The molecular formula is C22H21FN4O2S. The lowest BCUT2D eigenvalue weighted by Crippen LogP contribution is -2.41. The molecule has 0 bridgehead atoms. The van der Waals surface area contributed by atoms with Gasteiger partial charge in [0.25, 0.3) is 5.91 Å². The zero-order valence-corrected chi connectivity index (χ0v) is 17.3. The molecule has 3 aromatic rings. The number of hydrogen-bond donors (Lipinski definition) is 0. The second-order valence-electron chi connectivity index (χ2n) is 7.10. The second kappa shape index (κ2) is 8.79. The number of carbonyl (C=O) groups excluding carboxylic acids is 2. The molecule has 1 fully saturated rings. The molecule has 1 aliphatic rings. The van der Waals surface area contributed by atoms with Crippen molar-refractivity contribution >= 4 is 23.6 Å². The number of rotatable bonds is 4. The molecule has 1 atom stereocenters. The first-order valence-corrected chi connectivity index (χ1v) is 10.7. The Labute approximate surface area is 178 Å². The number of benzene rings is 2. The zero-order valence-electron chi connectivity index (χ0n) is 16.5. The molecule has 30 heavy (non-hydrogen) atoms. The molecule has 0 saturated carbocycles. The maximum Gasteiger partial charge on any atom is 0.260 e. The van der Waals surface area contributed by atoms with Gasteiger partial charge in [-0.2, -0.15) is 0 Å². The second-order valence-corrected chi connectivity index (χ2v) is 8.27. The summed E-state index contributed by atoms with van der Waals surface area (Å²) < 4.78 is 15.1. The molecule has 0 aliphatic carbocycles. The summed E-state index contributed by atoms with van der Waals surface area (Å²) in [5, 5.41) is 8.63. The van der Waals surface area contributed by atoms with Crippen LogP contribution in [-0.2, 0) is 4.79 Å². The van der Waals surface area contributed by atoms with Crippen LogP contribution in [0.15, 0.2) is 59.8 Å². The summed E-state index contributed by atoms with van der Waals surface area (Å²) in [5.74, 6) is -0.331. The third-order valence-electron chi connectivity index (χ3n) is 5.03. The van der Waals surface area contributed by atoms with Crippen molar-refractivity contribution in [3.63, 3.8) is 0 Å². The molecule has 1 saturated heterocycles. The average Bonchev–Trinajstić information content (AvgIpc) is 3.02. The smallest absolute Gasteiger partial charge is 0.260 e. The highest BCUT2D eigenvalue weighted by Gasteiger charge is 2.33. The Hall–Kier alpha value is -3.00. The fraction of sp³-hybridized carbons (Fsp3) is 0.273. The number of para-hydroxylation sites is 1. The topological polar surface area (TPSA) is 68.1 Å². The fourth-order valence-corrected chi connectivity index (χ4v) is 4.69. The van der Waals surface area contributed by atoms with Gasteiger partial charge >= 0.3 is 0 Å². The minimum absolute atomic E-state index is 0.243. The highest BCUT2D eigenvalue weighted by atomic mass is 32.2. The van der Waals surface area contributed by atoms with Crippen LogP contribution in [-0.4, -0.2) is 43.3 Å². The number of aryl methyl sites for hydroxylation is 1. The molecule has 8 heteroatoms. The molecule has 0 unspecified atom stereocenters. The number of aromatic nitrogens is 3. The van der Waals surface area contributed by atoms with Gasteiger partial charge in [0.05, 0.1) is 5.25 Å². The van der Waals surface area contributed by atoms with Gasteiger partial charge in [-0.1, -0.05) is 36.4 Å². The Morgan fingerprint density at radius 2 is 1.80 bits per heavy atom. The van der Waals surface area contributed by atoms with Crippen molar-refractivity contribution in [3.05, 3.63) is 71.8 Å². The lowest BCUT2D eigenvalue weighted by atomic mass is 10.2. The van der Waals surface area contributed by atoms with Crippen molar-refractivity contribution in [2.75, 3.05) is 6.54 Å². The summed E-state index contributed by atoms with van der Waals surface area (Å²) in [6.45, 7) is 2.22. The van der Waals surface area contributed by atoms with E-state index < -0.39 is 17.0 Å². The molecule has 0 radical (unpaired) electrons. The maximum atomic E-state index is 13.2. The number of carbonyl (C=O) groups is 2. The molecule has 4 rings (SSSR count). The van der Waals surface area contributed by atoms with E-state index in [1.165, 1.54) is 40.9 Å². The van der Waals surface area contributed by atoms with Gasteiger partial charge in [-0.15, -0.1) is 10.2 Å². The van der Waals surface area contributed by atoms with Gasteiger partial charge in [-0.05, 0) is 56.2 Å². The molecule has 154 valence electrons. The lowest BCUT2D eigenvalue weighted by Gasteiger charge is -2.22. The maximum absolute atomic E-state index is 13.2. The molecule has 2 aromatic carbocycles. The first-order chi connectivity index (χ1) is 14.5. The van der Waals surface area contributed by atoms with Gasteiger partial charge in [-0.25, -0.2) is 4.39 Å². The van der Waals surface area contributed by atoms with Crippen LogP contribution < -0.4 is 0 Å². The van der Waals surface area contributed by atoms with E-state index >= 15 is 0 Å². The van der Waals surface area contributed by atoms with Gasteiger partial charge in [0, 0.05) is 17.8 Å². The highest BCUT2D eigenvalue weighted by Crippen LogP contribution is 2.31. The number of thioether (sulfide) groups is 1. The van der Waals surface area contributed by atoms with E-state index in [0.717, 1.165) is 24.4 Å². The Morgan fingerprint density at radius 3 is 2.53 bits per heavy atom. The number of likely N-dealkylation sites (tertiary alicyclic amines) is 1. The van der Waals surface area contributed by atoms with Crippen molar-refractivity contribution in [1.82, 2.24) is 19.7 Å². The number of nitrogens with zero attached hydrogens (tertiary/aromatic N) is 4. The van der Waals surface area contributed by atoms with Crippen LogP contribution in [0.5, 0.6) is 0 Å². The summed E-state index contributed by atoms with van der Waals surface area (Å²) in [7, 11) is 0. The molecule has 2 heterocycles. The monoisotopic (exact) mass is 424 g/mol. The van der Waals surface area contributed by atoms with Crippen molar-refractivity contribution < 1.29 is 14.0 Å². The van der Waals surface area contributed by atoms with E-state index in [4.69, 9.17) is 0 Å². The van der Waals surface area contributed by atoms with E-state index in [1.807, 2.05) is 41.8 Å². The predicted octanol–water partition coefficient (Wildman–Crippen LogP) is 4.03. The van der Waals surface area contributed by atoms with Gasteiger partial charge in [0.15, 0.2) is 5.16 Å². The van der Waals surface area contributed by atoms with E-state index in [0.29, 0.717) is 23.7 Å². The molecule has 1 aliphatic heterocycles. The van der Waals surface area contributed by atoms with Crippen LogP contribution in [0.3, 0.4) is 0 Å². The first-order valence-electron chi connectivity index (χ1n) is 9.80. The molecule has 0 spiro atoms. The SMILES string of the molecule is Cc1nnc(S[C@@H]2CCCCN(C(=O)c3ccc(F)cc3)C2=O)n1-c1ccccc1.